The molecule has 1 atom stereocenters. The van der Waals surface area contributed by atoms with E-state index >= 15 is 0 Å². The van der Waals surface area contributed by atoms with Crippen LogP contribution in [0.15, 0.2) is 24.3 Å². The number of nitrogens with zero attached hydrogens (tertiary/aromatic N) is 2. The largest absolute Gasteiger partial charge is 0.301 e. The average Bonchev–Trinajstić information content (AvgIpc) is 2.48. The molecule has 1 saturated heterocycles. The Hall–Kier alpha value is -0.620. The van der Waals surface area contributed by atoms with E-state index in [4.69, 9.17) is 11.6 Å². The SMILES string of the molecule is CCC1CN(S(=O)(=O)Cc2ccc(CCl)cc2)CCN1C. The first-order valence-electron chi connectivity index (χ1n) is 7.28. The quantitative estimate of drug-likeness (QED) is 0.778. The molecule has 0 amide bonds. The smallest absolute Gasteiger partial charge is 0.218 e. The molecule has 0 radical (unpaired) electrons. The van der Waals surface area contributed by atoms with Crippen LogP contribution >= 0.6 is 11.6 Å². The number of rotatable bonds is 5. The highest BCUT2D eigenvalue weighted by molar-refractivity contribution is 7.88. The minimum Gasteiger partial charge on any atom is -0.301 e. The highest BCUT2D eigenvalue weighted by Crippen LogP contribution is 2.18. The molecule has 0 bridgehead atoms. The molecule has 1 fully saturated rings. The molecule has 1 aliphatic rings. The van der Waals surface area contributed by atoms with Crippen LogP contribution in [-0.2, 0) is 21.7 Å². The van der Waals surface area contributed by atoms with E-state index in [2.05, 4.69) is 18.9 Å². The van der Waals surface area contributed by atoms with Gasteiger partial charge in [-0.1, -0.05) is 31.2 Å². The average molecular weight is 331 g/mol. The zero-order valence-corrected chi connectivity index (χ0v) is 14.2. The van der Waals surface area contributed by atoms with Gasteiger partial charge in [0.2, 0.25) is 10.0 Å². The fourth-order valence-electron chi connectivity index (χ4n) is 2.64. The second-order valence-electron chi connectivity index (χ2n) is 5.61. The highest BCUT2D eigenvalue weighted by Gasteiger charge is 2.30. The third kappa shape index (κ3) is 4.19. The maximum atomic E-state index is 12.6. The number of benzene rings is 1. The molecule has 1 heterocycles. The Morgan fingerprint density at radius 2 is 1.81 bits per heavy atom. The van der Waals surface area contributed by atoms with E-state index in [9.17, 15) is 8.42 Å². The van der Waals surface area contributed by atoms with Crippen LogP contribution in [0.2, 0.25) is 0 Å². The number of hydrogen-bond donors (Lipinski definition) is 0. The lowest BCUT2D eigenvalue weighted by Crippen LogP contribution is -2.53. The van der Waals surface area contributed by atoms with E-state index in [1.807, 2.05) is 24.3 Å². The van der Waals surface area contributed by atoms with Crippen molar-refractivity contribution in [1.29, 1.82) is 0 Å². The molecule has 0 spiro atoms. The van der Waals surface area contributed by atoms with Gasteiger partial charge in [-0.25, -0.2) is 8.42 Å². The van der Waals surface area contributed by atoms with Gasteiger partial charge in [-0.15, -0.1) is 11.6 Å². The first-order chi connectivity index (χ1) is 9.96. The van der Waals surface area contributed by atoms with E-state index in [1.165, 1.54) is 0 Å². The molecule has 0 aromatic heterocycles. The Kier molecular flexibility index (Phi) is 5.66. The number of piperazine rings is 1. The summed E-state index contributed by atoms with van der Waals surface area (Å²) in [5.41, 5.74) is 1.82. The molecule has 4 nitrogen and oxygen atoms in total. The van der Waals surface area contributed by atoms with Crippen molar-refractivity contribution < 1.29 is 8.42 Å². The maximum Gasteiger partial charge on any atom is 0.218 e. The Morgan fingerprint density at radius 1 is 1.19 bits per heavy atom. The first-order valence-corrected chi connectivity index (χ1v) is 9.42. The fraction of sp³-hybridized carbons (Fsp3) is 0.600. The number of likely N-dealkylation sites (N-methyl/N-ethyl adjacent to an activating group) is 1. The van der Waals surface area contributed by atoms with Crippen molar-refractivity contribution in [1.82, 2.24) is 9.21 Å². The van der Waals surface area contributed by atoms with Gasteiger partial charge in [-0.3, -0.25) is 0 Å². The van der Waals surface area contributed by atoms with Crippen molar-refractivity contribution in [3.05, 3.63) is 35.4 Å². The number of sulfonamides is 1. The summed E-state index contributed by atoms with van der Waals surface area (Å²) in [6, 6.07) is 7.78. The second kappa shape index (κ2) is 7.09. The molecular weight excluding hydrogens is 308 g/mol. The van der Waals surface area contributed by atoms with Gasteiger partial charge in [-0.05, 0) is 24.6 Å². The summed E-state index contributed by atoms with van der Waals surface area (Å²) in [5, 5.41) is 0. The highest BCUT2D eigenvalue weighted by atomic mass is 35.5. The second-order valence-corrected chi connectivity index (χ2v) is 7.84. The van der Waals surface area contributed by atoms with Crippen LogP contribution in [0.1, 0.15) is 24.5 Å². The summed E-state index contributed by atoms with van der Waals surface area (Å²) < 4.78 is 26.8. The van der Waals surface area contributed by atoms with Gasteiger partial charge in [-0.2, -0.15) is 4.31 Å². The summed E-state index contributed by atoms with van der Waals surface area (Å²) in [7, 11) is -1.19. The van der Waals surface area contributed by atoms with Gasteiger partial charge >= 0.3 is 0 Å². The molecule has 1 unspecified atom stereocenters. The predicted octanol–water partition coefficient (Wildman–Crippen LogP) is 2.28. The molecule has 118 valence electrons. The van der Waals surface area contributed by atoms with E-state index < -0.39 is 10.0 Å². The van der Waals surface area contributed by atoms with Gasteiger partial charge in [0.05, 0.1) is 5.75 Å². The normalized spacial score (nSPS) is 21.6. The topological polar surface area (TPSA) is 40.6 Å². The van der Waals surface area contributed by atoms with Crippen LogP contribution < -0.4 is 0 Å². The van der Waals surface area contributed by atoms with Gasteiger partial charge in [0.15, 0.2) is 0 Å². The van der Waals surface area contributed by atoms with Gasteiger partial charge < -0.3 is 4.90 Å². The summed E-state index contributed by atoms with van der Waals surface area (Å²) in [6.07, 6.45) is 0.965. The lowest BCUT2D eigenvalue weighted by molar-refractivity contribution is 0.144. The molecule has 6 heteroatoms. The van der Waals surface area contributed by atoms with Crippen LogP contribution in [0.4, 0.5) is 0 Å². The fourth-order valence-corrected chi connectivity index (χ4v) is 4.37. The molecule has 0 saturated carbocycles. The van der Waals surface area contributed by atoms with E-state index in [0.29, 0.717) is 25.0 Å². The standard InChI is InChI=1S/C15H23ClN2O2S/c1-3-15-11-18(9-8-17(15)2)21(19,20)12-14-6-4-13(10-16)5-7-14/h4-7,15H,3,8-12H2,1-2H3. The number of halogens is 1. The van der Waals surface area contributed by atoms with E-state index in [0.717, 1.165) is 24.1 Å². The molecule has 0 N–H and O–H groups in total. The summed E-state index contributed by atoms with van der Waals surface area (Å²) in [6.45, 7) is 4.06. The maximum absolute atomic E-state index is 12.6. The Balaban J connectivity index is 2.07. The van der Waals surface area contributed by atoms with Crippen molar-refractivity contribution in [3.8, 4) is 0 Å². The van der Waals surface area contributed by atoms with Crippen LogP contribution in [0.5, 0.6) is 0 Å². The van der Waals surface area contributed by atoms with Gasteiger partial charge in [0, 0.05) is 31.6 Å². The lowest BCUT2D eigenvalue weighted by Gasteiger charge is -2.38. The van der Waals surface area contributed by atoms with Crippen molar-refractivity contribution in [2.45, 2.75) is 31.0 Å². The van der Waals surface area contributed by atoms with Crippen LogP contribution in [-0.4, -0.2) is 50.3 Å². The zero-order valence-electron chi connectivity index (χ0n) is 12.6. The molecular formula is C15H23ClN2O2S. The number of hydrogen-bond acceptors (Lipinski definition) is 3. The van der Waals surface area contributed by atoms with Crippen molar-refractivity contribution in [2.24, 2.45) is 0 Å². The van der Waals surface area contributed by atoms with E-state index in [-0.39, 0.29) is 5.75 Å². The summed E-state index contributed by atoms with van der Waals surface area (Å²) >= 11 is 5.75. The van der Waals surface area contributed by atoms with Gasteiger partial charge in [0.25, 0.3) is 0 Å². The third-order valence-electron chi connectivity index (χ3n) is 4.13. The minimum atomic E-state index is -3.25. The van der Waals surface area contributed by atoms with Crippen molar-refractivity contribution in [2.75, 3.05) is 26.7 Å². The molecule has 1 aromatic rings. The lowest BCUT2D eigenvalue weighted by atomic mass is 10.1. The molecule has 21 heavy (non-hydrogen) atoms. The van der Waals surface area contributed by atoms with Crippen LogP contribution in [0, 0.1) is 0 Å². The summed E-state index contributed by atoms with van der Waals surface area (Å²) in [5.74, 6) is 0.513. The molecule has 1 aromatic carbocycles. The number of alkyl halides is 1. The van der Waals surface area contributed by atoms with Crippen molar-refractivity contribution >= 4 is 21.6 Å². The molecule has 1 aliphatic heterocycles. The summed E-state index contributed by atoms with van der Waals surface area (Å²) in [4.78, 5) is 2.24. The van der Waals surface area contributed by atoms with Crippen LogP contribution in [0.3, 0.4) is 0 Å². The predicted molar refractivity (Wildman–Crippen MR) is 86.9 cm³/mol. The van der Waals surface area contributed by atoms with E-state index in [1.54, 1.807) is 4.31 Å². The van der Waals surface area contributed by atoms with Crippen molar-refractivity contribution in [3.63, 3.8) is 0 Å². The zero-order chi connectivity index (χ0) is 15.5. The van der Waals surface area contributed by atoms with Gasteiger partial charge in [0.1, 0.15) is 0 Å². The van der Waals surface area contributed by atoms with Crippen LogP contribution in [0.25, 0.3) is 0 Å². The molecule has 0 aliphatic carbocycles. The first kappa shape index (κ1) is 16.7. The molecule has 2 rings (SSSR count). The Bertz CT molecular complexity index is 560. The monoisotopic (exact) mass is 330 g/mol. The Morgan fingerprint density at radius 3 is 2.38 bits per heavy atom. The third-order valence-corrected chi connectivity index (χ3v) is 6.26. The minimum absolute atomic E-state index is 0.0652. The Labute approximate surface area is 132 Å².